The summed E-state index contributed by atoms with van der Waals surface area (Å²) in [5.74, 6) is 0.813. The van der Waals surface area contributed by atoms with Crippen molar-refractivity contribution in [1.82, 2.24) is 4.90 Å². The quantitative estimate of drug-likeness (QED) is 0.795. The van der Waals surface area contributed by atoms with E-state index in [0.717, 1.165) is 30.9 Å². The van der Waals surface area contributed by atoms with E-state index in [1.165, 1.54) is 12.8 Å². The molecule has 0 spiro atoms. The molecule has 1 unspecified atom stereocenters. The predicted octanol–water partition coefficient (Wildman–Crippen LogP) is 2.48. The van der Waals surface area contributed by atoms with Crippen molar-refractivity contribution in [2.45, 2.75) is 32.4 Å². The predicted molar refractivity (Wildman–Crippen MR) is 66.4 cm³/mol. The molecule has 1 atom stereocenters. The molecule has 1 saturated heterocycles. The number of nitrogen functional groups attached to an aromatic ring is 1. The molecule has 88 valence electrons. The molecule has 1 aliphatic heterocycles. The first-order valence-corrected chi connectivity index (χ1v) is 6.06. The summed E-state index contributed by atoms with van der Waals surface area (Å²) in [5.41, 5.74) is 6.61. The third-order valence-electron chi connectivity index (χ3n) is 3.14. The molecule has 3 heteroatoms. The molecule has 0 radical (unpaired) electrons. The summed E-state index contributed by atoms with van der Waals surface area (Å²) in [4.78, 5) is 2.37. The van der Waals surface area contributed by atoms with Gasteiger partial charge in [0.1, 0.15) is 5.75 Å². The molecule has 1 aliphatic rings. The summed E-state index contributed by atoms with van der Waals surface area (Å²) in [6.07, 6.45) is 3.82. The molecule has 3 nitrogen and oxygen atoms in total. The number of benzene rings is 1. The lowest BCUT2D eigenvalue weighted by atomic mass is 10.1. The molecule has 1 aromatic carbocycles. The minimum Gasteiger partial charge on any atom is -0.473 e. The number of nitrogens with zero attached hydrogens (tertiary/aromatic N) is 1. The zero-order valence-electron chi connectivity index (χ0n) is 9.86. The zero-order chi connectivity index (χ0) is 11.4. The summed E-state index contributed by atoms with van der Waals surface area (Å²) in [6, 6.07) is 7.72. The van der Waals surface area contributed by atoms with Gasteiger partial charge in [-0.25, -0.2) is 0 Å². The van der Waals surface area contributed by atoms with E-state index < -0.39 is 0 Å². The molecular weight excluding hydrogens is 200 g/mol. The molecule has 2 N–H and O–H groups in total. The highest BCUT2D eigenvalue weighted by atomic mass is 16.5. The van der Waals surface area contributed by atoms with Gasteiger partial charge in [-0.2, -0.15) is 0 Å². The van der Waals surface area contributed by atoms with Crippen molar-refractivity contribution in [3.05, 3.63) is 24.3 Å². The zero-order valence-corrected chi connectivity index (χ0v) is 9.86. The van der Waals surface area contributed by atoms with Gasteiger partial charge in [0.15, 0.2) is 6.23 Å². The fraction of sp³-hybridized carbons (Fsp3) is 0.538. The SMILES string of the molecule is CCN1CCCCC1Oc1ccccc1N. The highest BCUT2D eigenvalue weighted by Crippen LogP contribution is 2.25. The molecule has 0 saturated carbocycles. The van der Waals surface area contributed by atoms with E-state index in [2.05, 4.69) is 11.8 Å². The average molecular weight is 220 g/mol. The minimum absolute atomic E-state index is 0.198. The van der Waals surface area contributed by atoms with Gasteiger partial charge >= 0.3 is 0 Å². The lowest BCUT2D eigenvalue weighted by molar-refractivity contribution is 0.000438. The third-order valence-corrected chi connectivity index (χ3v) is 3.14. The van der Waals surface area contributed by atoms with E-state index in [4.69, 9.17) is 10.5 Å². The normalized spacial score (nSPS) is 21.9. The Labute approximate surface area is 97.2 Å². The Morgan fingerprint density at radius 2 is 2.19 bits per heavy atom. The van der Waals surface area contributed by atoms with E-state index in [1.54, 1.807) is 0 Å². The van der Waals surface area contributed by atoms with E-state index in [0.29, 0.717) is 0 Å². The fourth-order valence-corrected chi connectivity index (χ4v) is 2.19. The smallest absolute Gasteiger partial charge is 0.152 e. The van der Waals surface area contributed by atoms with Crippen LogP contribution in [0.5, 0.6) is 5.75 Å². The second kappa shape index (κ2) is 5.21. The molecule has 1 aromatic rings. The van der Waals surface area contributed by atoms with Crippen LogP contribution in [-0.2, 0) is 0 Å². The van der Waals surface area contributed by atoms with Gasteiger partial charge in [0.2, 0.25) is 0 Å². The van der Waals surface area contributed by atoms with Crippen LogP contribution in [0.25, 0.3) is 0 Å². The maximum Gasteiger partial charge on any atom is 0.152 e. The second-order valence-corrected chi connectivity index (χ2v) is 4.23. The Bertz CT molecular complexity index is 340. The van der Waals surface area contributed by atoms with Crippen molar-refractivity contribution < 1.29 is 4.74 Å². The minimum atomic E-state index is 0.198. The molecule has 2 rings (SSSR count). The van der Waals surface area contributed by atoms with Crippen LogP contribution in [0.4, 0.5) is 5.69 Å². The molecular formula is C13H20N2O. The first-order chi connectivity index (χ1) is 7.81. The van der Waals surface area contributed by atoms with E-state index in [1.807, 2.05) is 24.3 Å². The molecule has 0 aliphatic carbocycles. The summed E-state index contributed by atoms with van der Waals surface area (Å²) < 4.78 is 5.99. The van der Waals surface area contributed by atoms with Crippen molar-refractivity contribution in [2.75, 3.05) is 18.8 Å². The largest absolute Gasteiger partial charge is 0.473 e. The van der Waals surface area contributed by atoms with Gasteiger partial charge in [-0.3, -0.25) is 4.90 Å². The number of rotatable bonds is 3. The molecule has 1 fully saturated rings. The van der Waals surface area contributed by atoms with Crippen molar-refractivity contribution in [2.24, 2.45) is 0 Å². The Balaban J connectivity index is 2.05. The first kappa shape index (κ1) is 11.3. The lowest BCUT2D eigenvalue weighted by Gasteiger charge is -2.34. The van der Waals surface area contributed by atoms with Crippen molar-refractivity contribution in [3.8, 4) is 5.75 Å². The molecule has 0 aromatic heterocycles. The Morgan fingerprint density at radius 1 is 1.38 bits per heavy atom. The van der Waals surface area contributed by atoms with Crippen LogP contribution in [0.3, 0.4) is 0 Å². The van der Waals surface area contributed by atoms with Crippen molar-refractivity contribution in [3.63, 3.8) is 0 Å². The second-order valence-electron chi connectivity index (χ2n) is 4.23. The van der Waals surface area contributed by atoms with Crippen LogP contribution in [0.1, 0.15) is 26.2 Å². The Morgan fingerprint density at radius 3 is 2.94 bits per heavy atom. The summed E-state index contributed by atoms with van der Waals surface area (Å²) in [5, 5.41) is 0. The van der Waals surface area contributed by atoms with Crippen LogP contribution in [-0.4, -0.2) is 24.2 Å². The summed E-state index contributed by atoms with van der Waals surface area (Å²) in [7, 11) is 0. The maximum atomic E-state index is 5.99. The number of para-hydroxylation sites is 2. The van der Waals surface area contributed by atoms with Gasteiger partial charge in [0.25, 0.3) is 0 Å². The number of hydrogen-bond donors (Lipinski definition) is 1. The number of likely N-dealkylation sites (tertiary alicyclic amines) is 1. The number of anilines is 1. The monoisotopic (exact) mass is 220 g/mol. The molecule has 0 bridgehead atoms. The van der Waals surface area contributed by atoms with Crippen molar-refractivity contribution >= 4 is 5.69 Å². The fourth-order valence-electron chi connectivity index (χ4n) is 2.19. The van der Waals surface area contributed by atoms with E-state index in [9.17, 15) is 0 Å². The molecule has 0 amide bonds. The highest BCUT2D eigenvalue weighted by Gasteiger charge is 2.22. The molecule has 1 heterocycles. The number of piperidine rings is 1. The number of nitrogens with two attached hydrogens (primary N) is 1. The standard InChI is InChI=1S/C13H20N2O/c1-2-15-10-6-5-9-13(15)16-12-8-4-3-7-11(12)14/h3-4,7-8,13H,2,5-6,9-10,14H2,1H3. The van der Waals surface area contributed by atoms with E-state index >= 15 is 0 Å². The third kappa shape index (κ3) is 2.47. The maximum absolute atomic E-state index is 5.99. The molecule has 16 heavy (non-hydrogen) atoms. The van der Waals surface area contributed by atoms with E-state index in [-0.39, 0.29) is 6.23 Å². The Hall–Kier alpha value is -1.22. The highest BCUT2D eigenvalue weighted by molar-refractivity contribution is 5.51. The van der Waals surface area contributed by atoms with Crippen LogP contribution in [0, 0.1) is 0 Å². The van der Waals surface area contributed by atoms with Crippen molar-refractivity contribution in [1.29, 1.82) is 0 Å². The first-order valence-electron chi connectivity index (χ1n) is 6.06. The van der Waals surface area contributed by atoms with Gasteiger partial charge in [0, 0.05) is 6.54 Å². The lowest BCUT2D eigenvalue weighted by Crippen LogP contribution is -2.43. The average Bonchev–Trinajstić information content (AvgIpc) is 2.33. The number of ether oxygens (including phenoxy) is 1. The summed E-state index contributed by atoms with van der Waals surface area (Å²) >= 11 is 0. The van der Waals surface area contributed by atoms with Crippen LogP contribution < -0.4 is 10.5 Å². The van der Waals surface area contributed by atoms with Gasteiger partial charge in [-0.1, -0.05) is 19.1 Å². The van der Waals surface area contributed by atoms with Gasteiger partial charge in [-0.15, -0.1) is 0 Å². The van der Waals surface area contributed by atoms with Gasteiger partial charge < -0.3 is 10.5 Å². The Kier molecular flexibility index (Phi) is 3.67. The van der Waals surface area contributed by atoms with Crippen LogP contribution in [0.15, 0.2) is 24.3 Å². The van der Waals surface area contributed by atoms with Crippen LogP contribution in [0.2, 0.25) is 0 Å². The topological polar surface area (TPSA) is 38.5 Å². The van der Waals surface area contributed by atoms with Gasteiger partial charge in [0.05, 0.1) is 5.69 Å². The number of hydrogen-bond acceptors (Lipinski definition) is 3. The van der Waals surface area contributed by atoms with Gasteiger partial charge in [-0.05, 0) is 37.9 Å². The summed E-state index contributed by atoms with van der Waals surface area (Å²) in [6.45, 7) is 4.35. The van der Waals surface area contributed by atoms with Crippen LogP contribution >= 0.6 is 0 Å².